The molecule has 2 heterocycles. The van der Waals surface area contributed by atoms with E-state index in [2.05, 4.69) is 50.4 Å². The zero-order valence-corrected chi connectivity index (χ0v) is 23.0. The van der Waals surface area contributed by atoms with Gasteiger partial charge < -0.3 is 19.8 Å². The minimum absolute atomic E-state index is 0.0542. The van der Waals surface area contributed by atoms with E-state index >= 15 is 0 Å². The molecule has 6 rings (SSSR count). The van der Waals surface area contributed by atoms with Crippen LogP contribution in [0.3, 0.4) is 0 Å². The molecule has 1 saturated carbocycles. The summed E-state index contributed by atoms with van der Waals surface area (Å²) in [4.78, 5) is 17.8. The van der Waals surface area contributed by atoms with E-state index in [9.17, 15) is 15.0 Å². The monoisotopic (exact) mass is 516 g/mol. The fourth-order valence-electron chi connectivity index (χ4n) is 8.36. The van der Waals surface area contributed by atoms with Gasteiger partial charge in [0.2, 0.25) is 5.91 Å². The van der Waals surface area contributed by atoms with Crippen molar-refractivity contribution in [3.63, 3.8) is 0 Å². The molecule has 2 aliphatic carbocycles. The quantitative estimate of drug-likeness (QED) is 0.567. The molecule has 6 heteroatoms. The smallest absolute Gasteiger partial charge is 0.223 e. The Morgan fingerprint density at radius 1 is 1.26 bits per heavy atom. The van der Waals surface area contributed by atoms with E-state index in [1.807, 2.05) is 24.1 Å². The second-order valence-electron chi connectivity index (χ2n) is 12.2. The van der Waals surface area contributed by atoms with Crippen LogP contribution in [0.1, 0.15) is 54.0 Å². The Kier molecular flexibility index (Phi) is 5.93. The summed E-state index contributed by atoms with van der Waals surface area (Å²) in [5.41, 5.74) is 4.10. The van der Waals surface area contributed by atoms with Crippen molar-refractivity contribution in [1.29, 1.82) is 0 Å². The lowest BCUT2D eigenvalue weighted by molar-refractivity contribution is -0.223. The Morgan fingerprint density at radius 3 is 2.79 bits per heavy atom. The highest BCUT2D eigenvalue weighted by atomic mass is 16.5. The number of phenols is 1. The molecule has 1 spiro atoms. The molecule has 1 saturated heterocycles. The maximum Gasteiger partial charge on any atom is 0.223 e. The van der Waals surface area contributed by atoms with Crippen LogP contribution in [0.15, 0.2) is 43.0 Å². The Balaban J connectivity index is 1.35. The number of hydrogen-bond acceptors (Lipinski definition) is 5. The summed E-state index contributed by atoms with van der Waals surface area (Å²) in [5, 5.41) is 23.6. The first-order valence-corrected chi connectivity index (χ1v) is 14.0. The number of nitrogens with zero attached hydrogens (tertiary/aromatic N) is 2. The van der Waals surface area contributed by atoms with E-state index < -0.39 is 17.1 Å². The Labute approximate surface area is 225 Å². The van der Waals surface area contributed by atoms with Gasteiger partial charge in [-0.2, -0.15) is 0 Å². The summed E-state index contributed by atoms with van der Waals surface area (Å²) in [7, 11) is 1.89. The number of hydrogen-bond donors (Lipinski definition) is 2. The molecular formula is C32H40N2O4. The van der Waals surface area contributed by atoms with Gasteiger partial charge in [0.05, 0.1) is 17.1 Å². The average Bonchev–Trinajstić information content (AvgIpc) is 3.24. The lowest BCUT2D eigenvalue weighted by Gasteiger charge is -2.66. The molecule has 2 aliphatic heterocycles. The number of phenolic OH excluding ortho intramolecular Hbond substituents is 1. The van der Waals surface area contributed by atoms with Gasteiger partial charge in [-0.3, -0.25) is 9.69 Å². The van der Waals surface area contributed by atoms with Crippen LogP contribution in [0, 0.1) is 19.8 Å². The van der Waals surface area contributed by atoms with E-state index in [1.165, 1.54) is 16.7 Å². The number of ether oxygens (including phenoxy) is 1. The number of benzene rings is 2. The first kappa shape index (κ1) is 25.4. The zero-order valence-electron chi connectivity index (χ0n) is 23.0. The van der Waals surface area contributed by atoms with Crippen LogP contribution < -0.4 is 4.74 Å². The van der Waals surface area contributed by atoms with Crippen molar-refractivity contribution in [3.8, 4) is 11.5 Å². The normalized spacial score (nSPS) is 32.9. The Bertz CT molecular complexity index is 1310. The fraction of sp³-hybridized carbons (Fsp3) is 0.531. The van der Waals surface area contributed by atoms with Crippen molar-refractivity contribution >= 4 is 5.91 Å². The van der Waals surface area contributed by atoms with Gasteiger partial charge in [-0.25, -0.2) is 0 Å². The predicted molar refractivity (Wildman–Crippen MR) is 148 cm³/mol. The van der Waals surface area contributed by atoms with Gasteiger partial charge in [-0.1, -0.05) is 37.3 Å². The van der Waals surface area contributed by atoms with Gasteiger partial charge in [0.1, 0.15) is 6.10 Å². The second kappa shape index (κ2) is 8.85. The molecule has 2 aromatic carbocycles. The molecule has 4 aliphatic rings. The van der Waals surface area contributed by atoms with Gasteiger partial charge in [0.25, 0.3) is 0 Å². The van der Waals surface area contributed by atoms with Gasteiger partial charge in [-0.15, -0.1) is 6.58 Å². The lowest BCUT2D eigenvalue weighted by atomic mass is 9.45. The van der Waals surface area contributed by atoms with Crippen molar-refractivity contribution in [1.82, 2.24) is 9.80 Å². The van der Waals surface area contributed by atoms with Crippen molar-refractivity contribution in [3.05, 3.63) is 70.8 Å². The van der Waals surface area contributed by atoms with E-state index in [4.69, 9.17) is 4.74 Å². The minimum atomic E-state index is -1.02. The average molecular weight is 517 g/mol. The standard InChI is InChI=1S/C32H40N2O4/c1-6-14-34-15-13-31-28-23-10-11-25(35)29(28)38-30(31)24(17-21(4)32(31,37)26(34)18-23)33(5)27(36)12-9-22-8-7-19(2)20(3)16-22/h6-8,10-11,16,21,24,26,30,35,37H,1,9,12-15,17-18H2,2-5H3/t21?,24?,26-,30?,31+,32-/m1/s1. The van der Waals surface area contributed by atoms with Gasteiger partial charge >= 0.3 is 0 Å². The van der Waals surface area contributed by atoms with Crippen molar-refractivity contribution in [2.75, 3.05) is 20.1 Å². The second-order valence-corrected chi connectivity index (χ2v) is 12.2. The van der Waals surface area contributed by atoms with E-state index in [0.29, 0.717) is 37.9 Å². The number of aromatic hydroxyl groups is 1. The molecule has 3 unspecified atom stereocenters. The third-order valence-electron chi connectivity index (χ3n) is 10.4. The first-order valence-electron chi connectivity index (χ1n) is 14.0. The fourth-order valence-corrected chi connectivity index (χ4v) is 8.36. The highest BCUT2D eigenvalue weighted by Crippen LogP contribution is 2.67. The molecule has 2 bridgehead atoms. The molecule has 6 nitrogen and oxygen atoms in total. The third kappa shape index (κ3) is 3.29. The van der Waals surface area contributed by atoms with E-state index in [0.717, 1.165) is 24.2 Å². The molecule has 1 amide bonds. The summed E-state index contributed by atoms with van der Waals surface area (Å²) in [6.07, 6.45) is 4.70. The summed E-state index contributed by atoms with van der Waals surface area (Å²) >= 11 is 0. The van der Waals surface area contributed by atoms with Crippen molar-refractivity contribution in [2.45, 2.75) is 82.1 Å². The van der Waals surface area contributed by atoms with Crippen LogP contribution in [0.25, 0.3) is 0 Å². The number of likely N-dealkylation sites (N-methyl/N-ethyl adjacent to an activating group) is 1. The van der Waals surface area contributed by atoms with E-state index in [1.54, 1.807) is 6.07 Å². The van der Waals surface area contributed by atoms with Crippen molar-refractivity contribution < 1.29 is 19.7 Å². The number of likely N-dealkylation sites (tertiary alicyclic amines) is 1. The van der Waals surface area contributed by atoms with Gasteiger partial charge in [0, 0.05) is 31.6 Å². The number of carbonyl (C=O) groups is 1. The predicted octanol–water partition coefficient (Wildman–Crippen LogP) is 4.05. The number of rotatable bonds is 6. The molecular weight excluding hydrogens is 476 g/mol. The molecule has 2 N–H and O–H groups in total. The SMILES string of the molecule is C=CCN1CC[C@]23c4c5ccc(O)c4OC2C(N(C)C(=O)CCc2ccc(C)c(C)c2)CC(C)[C@@]3(O)[C@H]1C5. The number of aliphatic hydroxyl groups is 1. The summed E-state index contributed by atoms with van der Waals surface area (Å²) in [6, 6.07) is 9.86. The molecule has 2 aromatic rings. The highest BCUT2D eigenvalue weighted by molar-refractivity contribution is 5.77. The number of piperidine rings is 1. The maximum absolute atomic E-state index is 13.6. The summed E-state index contributed by atoms with van der Waals surface area (Å²) in [5.74, 6) is 0.665. The van der Waals surface area contributed by atoms with Crippen LogP contribution in [0.2, 0.25) is 0 Å². The van der Waals surface area contributed by atoms with Crippen molar-refractivity contribution in [2.24, 2.45) is 5.92 Å². The van der Waals surface area contributed by atoms with Crippen LogP contribution >= 0.6 is 0 Å². The van der Waals surface area contributed by atoms with Crippen LogP contribution in [0.5, 0.6) is 11.5 Å². The number of aryl methyl sites for hydroxylation is 3. The molecule has 6 atom stereocenters. The zero-order chi connectivity index (χ0) is 27.0. The maximum atomic E-state index is 13.6. The first-order chi connectivity index (χ1) is 18.1. The topological polar surface area (TPSA) is 73.2 Å². The van der Waals surface area contributed by atoms with Gasteiger partial charge in [0.15, 0.2) is 11.5 Å². The summed E-state index contributed by atoms with van der Waals surface area (Å²) < 4.78 is 6.65. The minimum Gasteiger partial charge on any atom is -0.504 e. The highest BCUT2D eigenvalue weighted by Gasteiger charge is 2.75. The Morgan fingerprint density at radius 2 is 2.05 bits per heavy atom. The lowest BCUT2D eigenvalue weighted by Crippen LogP contribution is -2.80. The number of amides is 1. The molecule has 202 valence electrons. The van der Waals surface area contributed by atoms with E-state index in [-0.39, 0.29) is 29.7 Å². The van der Waals surface area contributed by atoms with Gasteiger partial charge in [-0.05, 0) is 80.3 Å². The third-order valence-corrected chi connectivity index (χ3v) is 10.4. The van der Waals surface area contributed by atoms with Crippen LogP contribution in [0.4, 0.5) is 0 Å². The largest absolute Gasteiger partial charge is 0.504 e. The molecule has 0 radical (unpaired) electrons. The van der Waals surface area contributed by atoms with Crippen LogP contribution in [-0.4, -0.2) is 69.8 Å². The molecule has 2 fully saturated rings. The molecule has 0 aromatic heterocycles. The Hall–Kier alpha value is -2.83. The number of carbonyl (C=O) groups excluding carboxylic acids is 1. The van der Waals surface area contributed by atoms with Crippen LogP contribution in [-0.2, 0) is 23.1 Å². The summed E-state index contributed by atoms with van der Waals surface area (Å²) in [6.45, 7) is 11.8. The molecule has 38 heavy (non-hydrogen) atoms.